The second kappa shape index (κ2) is 6.53. The number of aryl methyl sites for hydroxylation is 2. The molecule has 2 N–H and O–H groups in total. The minimum Gasteiger partial charge on any atom is -0.326 e. The maximum absolute atomic E-state index is 5.62. The molecule has 0 aliphatic rings. The molecular formula is C19H23N. The van der Waals surface area contributed by atoms with E-state index in [1.807, 2.05) is 0 Å². The first kappa shape index (κ1) is 14.5. The van der Waals surface area contributed by atoms with Crippen molar-refractivity contribution in [3.8, 4) is 0 Å². The Morgan fingerprint density at radius 3 is 2.25 bits per heavy atom. The van der Waals surface area contributed by atoms with Gasteiger partial charge in [-0.25, -0.2) is 0 Å². The van der Waals surface area contributed by atoms with E-state index in [4.69, 9.17) is 5.73 Å². The van der Waals surface area contributed by atoms with Crippen molar-refractivity contribution in [3.63, 3.8) is 0 Å². The summed E-state index contributed by atoms with van der Waals surface area (Å²) in [6, 6.07) is 15.1. The lowest BCUT2D eigenvalue weighted by atomic mass is 9.95. The molecule has 0 heterocycles. The van der Waals surface area contributed by atoms with Crippen molar-refractivity contribution in [1.82, 2.24) is 0 Å². The zero-order chi connectivity index (χ0) is 14.5. The lowest BCUT2D eigenvalue weighted by molar-refractivity contribution is 1.02. The average Bonchev–Trinajstić information content (AvgIpc) is 2.43. The van der Waals surface area contributed by atoms with Gasteiger partial charge in [0.25, 0.3) is 0 Å². The Morgan fingerprint density at radius 1 is 0.950 bits per heavy atom. The van der Waals surface area contributed by atoms with Crippen LogP contribution in [0, 0.1) is 13.8 Å². The zero-order valence-corrected chi connectivity index (χ0v) is 12.4. The van der Waals surface area contributed by atoms with E-state index in [1.54, 1.807) is 0 Å². The van der Waals surface area contributed by atoms with Gasteiger partial charge in [-0.2, -0.15) is 0 Å². The molecule has 1 nitrogen and oxygen atoms in total. The standard InChI is InChI=1S/C19H23N/c1-14-4-5-16(3)19(11-14)12-15(2)10-17-6-8-18(13-20)9-7-17/h4-9,11H,2,10,12-13,20H2,1,3H3. The van der Waals surface area contributed by atoms with E-state index < -0.39 is 0 Å². The molecule has 2 aromatic rings. The Balaban J connectivity index is 2.03. The molecular weight excluding hydrogens is 242 g/mol. The van der Waals surface area contributed by atoms with E-state index in [1.165, 1.54) is 33.4 Å². The number of hydrogen-bond acceptors (Lipinski definition) is 1. The summed E-state index contributed by atoms with van der Waals surface area (Å²) in [5.74, 6) is 0. The average molecular weight is 265 g/mol. The summed E-state index contributed by atoms with van der Waals surface area (Å²) in [7, 11) is 0. The summed E-state index contributed by atoms with van der Waals surface area (Å²) < 4.78 is 0. The largest absolute Gasteiger partial charge is 0.326 e. The van der Waals surface area contributed by atoms with Crippen LogP contribution in [-0.4, -0.2) is 0 Å². The van der Waals surface area contributed by atoms with Crippen LogP contribution in [0.3, 0.4) is 0 Å². The second-order valence-electron chi connectivity index (χ2n) is 5.55. The maximum atomic E-state index is 5.62. The van der Waals surface area contributed by atoms with Gasteiger partial charge in [-0.1, -0.05) is 60.2 Å². The van der Waals surface area contributed by atoms with Crippen molar-refractivity contribution in [2.75, 3.05) is 0 Å². The molecule has 0 atom stereocenters. The number of allylic oxidation sites excluding steroid dienone is 1. The molecule has 0 aliphatic heterocycles. The fourth-order valence-corrected chi connectivity index (χ4v) is 2.40. The van der Waals surface area contributed by atoms with Gasteiger partial charge in [0.15, 0.2) is 0 Å². The van der Waals surface area contributed by atoms with E-state index in [0.29, 0.717) is 6.54 Å². The first-order valence-electron chi connectivity index (χ1n) is 7.09. The van der Waals surface area contributed by atoms with E-state index in [0.717, 1.165) is 12.8 Å². The molecule has 20 heavy (non-hydrogen) atoms. The predicted octanol–water partition coefficient (Wildman–Crippen LogP) is 4.10. The molecule has 0 amide bonds. The highest BCUT2D eigenvalue weighted by Crippen LogP contribution is 2.17. The summed E-state index contributed by atoms with van der Waals surface area (Å²) in [5.41, 5.74) is 13.4. The van der Waals surface area contributed by atoms with Gasteiger partial charge in [0.05, 0.1) is 0 Å². The second-order valence-corrected chi connectivity index (χ2v) is 5.55. The van der Waals surface area contributed by atoms with Crippen molar-refractivity contribution in [1.29, 1.82) is 0 Å². The van der Waals surface area contributed by atoms with Gasteiger partial charge in [0.2, 0.25) is 0 Å². The molecule has 0 saturated heterocycles. The molecule has 1 heteroatoms. The monoisotopic (exact) mass is 265 g/mol. The highest BCUT2D eigenvalue weighted by Gasteiger charge is 2.03. The Bertz CT molecular complexity index is 594. The Labute approximate surface area is 122 Å². The summed E-state index contributed by atoms with van der Waals surface area (Å²) in [6.07, 6.45) is 1.88. The summed E-state index contributed by atoms with van der Waals surface area (Å²) in [4.78, 5) is 0. The van der Waals surface area contributed by atoms with Gasteiger partial charge >= 0.3 is 0 Å². The van der Waals surface area contributed by atoms with Crippen molar-refractivity contribution in [2.24, 2.45) is 5.73 Å². The molecule has 0 radical (unpaired) electrons. The smallest absolute Gasteiger partial charge is 0.0178 e. The van der Waals surface area contributed by atoms with Crippen LogP contribution in [0.15, 0.2) is 54.6 Å². The predicted molar refractivity (Wildman–Crippen MR) is 86.8 cm³/mol. The number of benzene rings is 2. The van der Waals surface area contributed by atoms with Crippen LogP contribution < -0.4 is 5.73 Å². The molecule has 2 aromatic carbocycles. The van der Waals surface area contributed by atoms with E-state index in [9.17, 15) is 0 Å². The van der Waals surface area contributed by atoms with Crippen molar-refractivity contribution in [3.05, 3.63) is 82.4 Å². The highest BCUT2D eigenvalue weighted by atomic mass is 14.5. The van der Waals surface area contributed by atoms with Crippen molar-refractivity contribution in [2.45, 2.75) is 33.2 Å². The third-order valence-electron chi connectivity index (χ3n) is 3.66. The van der Waals surface area contributed by atoms with E-state index in [2.05, 4.69) is 62.9 Å². The van der Waals surface area contributed by atoms with Crippen LogP contribution in [0.1, 0.15) is 27.8 Å². The van der Waals surface area contributed by atoms with Crippen LogP contribution in [0.2, 0.25) is 0 Å². The molecule has 0 bridgehead atoms. The lowest BCUT2D eigenvalue weighted by Gasteiger charge is -2.10. The molecule has 2 rings (SSSR count). The fraction of sp³-hybridized carbons (Fsp3) is 0.263. The third-order valence-corrected chi connectivity index (χ3v) is 3.66. The minimum atomic E-state index is 0.601. The quantitative estimate of drug-likeness (QED) is 0.809. The van der Waals surface area contributed by atoms with Crippen molar-refractivity contribution >= 4 is 0 Å². The van der Waals surface area contributed by atoms with Crippen LogP contribution in [0.5, 0.6) is 0 Å². The van der Waals surface area contributed by atoms with Gasteiger partial charge in [-0.05, 0) is 48.9 Å². The van der Waals surface area contributed by atoms with Crippen LogP contribution >= 0.6 is 0 Å². The maximum Gasteiger partial charge on any atom is 0.0178 e. The minimum absolute atomic E-state index is 0.601. The Hall–Kier alpha value is -1.86. The van der Waals surface area contributed by atoms with E-state index >= 15 is 0 Å². The third kappa shape index (κ3) is 3.82. The summed E-state index contributed by atoms with van der Waals surface area (Å²) in [6.45, 7) is 9.14. The van der Waals surface area contributed by atoms with Gasteiger partial charge in [-0.3, -0.25) is 0 Å². The molecule has 0 unspecified atom stereocenters. The first-order chi connectivity index (χ1) is 9.58. The van der Waals surface area contributed by atoms with Gasteiger partial charge in [0, 0.05) is 6.54 Å². The first-order valence-corrected chi connectivity index (χ1v) is 7.09. The lowest BCUT2D eigenvalue weighted by Crippen LogP contribution is -1.99. The number of hydrogen-bond donors (Lipinski definition) is 1. The van der Waals surface area contributed by atoms with Gasteiger partial charge in [0.1, 0.15) is 0 Å². The van der Waals surface area contributed by atoms with Crippen molar-refractivity contribution < 1.29 is 0 Å². The molecule has 0 spiro atoms. The normalized spacial score (nSPS) is 10.6. The highest BCUT2D eigenvalue weighted by molar-refractivity contribution is 5.34. The summed E-state index contributed by atoms with van der Waals surface area (Å²) in [5, 5.41) is 0. The zero-order valence-electron chi connectivity index (χ0n) is 12.4. The van der Waals surface area contributed by atoms with Crippen LogP contribution in [0.4, 0.5) is 0 Å². The van der Waals surface area contributed by atoms with Gasteiger partial charge < -0.3 is 5.73 Å². The molecule has 104 valence electrons. The number of rotatable bonds is 5. The Morgan fingerprint density at radius 2 is 1.60 bits per heavy atom. The Kier molecular flexibility index (Phi) is 4.75. The molecule has 0 fully saturated rings. The SMILES string of the molecule is C=C(Cc1ccc(CN)cc1)Cc1cc(C)ccc1C. The molecule has 0 saturated carbocycles. The fourth-order valence-electron chi connectivity index (χ4n) is 2.40. The molecule has 0 aromatic heterocycles. The topological polar surface area (TPSA) is 26.0 Å². The summed E-state index contributed by atoms with van der Waals surface area (Å²) >= 11 is 0. The number of nitrogens with two attached hydrogens (primary N) is 1. The van der Waals surface area contributed by atoms with Crippen LogP contribution in [0.25, 0.3) is 0 Å². The molecule has 0 aliphatic carbocycles. The van der Waals surface area contributed by atoms with Gasteiger partial charge in [-0.15, -0.1) is 0 Å². The van der Waals surface area contributed by atoms with Crippen LogP contribution in [-0.2, 0) is 19.4 Å². The van der Waals surface area contributed by atoms with E-state index in [-0.39, 0.29) is 0 Å².